The minimum Gasteiger partial charge on any atom is -0.413 e. The zero-order valence-electron chi connectivity index (χ0n) is 33.9. The second-order valence-corrected chi connectivity index (χ2v) is 31.8. The van der Waals surface area contributed by atoms with Crippen LogP contribution in [0.25, 0.3) is 0 Å². The molecule has 0 spiro atoms. The lowest BCUT2D eigenvalue weighted by atomic mass is 9.35. The lowest BCUT2D eigenvalue weighted by Crippen LogP contribution is -2.64. The van der Waals surface area contributed by atoms with Crippen LogP contribution < -0.4 is 0 Å². The number of fused-ring (bicyclic) bond motifs is 7. The molecule has 46 heavy (non-hydrogen) atoms. The van der Waals surface area contributed by atoms with E-state index in [9.17, 15) is 0 Å². The fourth-order valence-electron chi connectivity index (χ4n) is 12.0. The lowest BCUT2D eigenvalue weighted by molar-refractivity contribution is -0.136. The van der Waals surface area contributed by atoms with E-state index in [1.165, 1.54) is 51.4 Å². The van der Waals surface area contributed by atoms with Gasteiger partial charge < -0.3 is 8.85 Å². The Kier molecular flexibility index (Phi) is 8.61. The molecule has 4 saturated carbocycles. The first-order chi connectivity index (χ1) is 20.5. The Labute approximate surface area is 289 Å². The van der Waals surface area contributed by atoms with E-state index in [-0.39, 0.29) is 42.6 Å². The third kappa shape index (κ3) is 5.08. The van der Waals surface area contributed by atoms with Crippen LogP contribution in [-0.4, -0.2) is 28.8 Å². The van der Waals surface area contributed by atoms with Crippen LogP contribution in [0.3, 0.4) is 0 Å². The molecule has 5 aliphatic carbocycles. The topological polar surface area (TPSA) is 18.5 Å². The molecule has 0 saturated heterocycles. The smallest absolute Gasteiger partial charge is 0.192 e. The van der Waals surface area contributed by atoms with Gasteiger partial charge in [-0.2, -0.15) is 0 Å². The van der Waals surface area contributed by atoms with E-state index < -0.39 is 16.6 Å². The Morgan fingerprint density at radius 2 is 0.826 bits per heavy atom. The summed E-state index contributed by atoms with van der Waals surface area (Å²) in [6, 6.07) is 0. The minimum atomic E-state index is -1.84. The van der Waals surface area contributed by atoms with Crippen molar-refractivity contribution in [1.29, 1.82) is 0 Å². The molecule has 0 amide bonds. The van der Waals surface area contributed by atoms with Gasteiger partial charge in [0.2, 0.25) is 0 Å². The maximum atomic E-state index is 7.27. The number of rotatable bonds is 4. The summed E-state index contributed by atoms with van der Waals surface area (Å²) in [4.78, 5) is 0. The van der Waals surface area contributed by atoms with Gasteiger partial charge in [0.25, 0.3) is 0 Å². The van der Waals surface area contributed by atoms with Crippen molar-refractivity contribution in [2.45, 2.75) is 197 Å². The predicted octanol–water partition coefficient (Wildman–Crippen LogP) is 13.1. The normalized spacial score (nSPS) is 42.6. The average molecular weight is 669 g/mol. The molecule has 8 atom stereocenters. The van der Waals surface area contributed by atoms with Crippen LogP contribution in [0.4, 0.5) is 0 Å². The van der Waals surface area contributed by atoms with Gasteiger partial charge >= 0.3 is 0 Å². The molecule has 0 N–H and O–H groups in total. The van der Waals surface area contributed by atoms with Crippen LogP contribution in [0, 0.1) is 44.3 Å². The quantitative estimate of drug-likeness (QED) is 0.278. The van der Waals surface area contributed by atoms with Gasteiger partial charge in [-0.3, -0.25) is 0 Å². The van der Waals surface area contributed by atoms with Crippen molar-refractivity contribution in [2.75, 3.05) is 0 Å². The molecule has 4 heteroatoms. The highest BCUT2D eigenvalue weighted by Crippen LogP contribution is 2.76. The molecule has 0 aromatic carbocycles. The van der Waals surface area contributed by atoms with Crippen molar-refractivity contribution >= 4 is 16.6 Å². The van der Waals surface area contributed by atoms with Crippen LogP contribution in [0.15, 0.2) is 23.3 Å². The van der Waals surface area contributed by atoms with Crippen molar-refractivity contribution in [2.24, 2.45) is 44.3 Å². The summed E-state index contributed by atoms with van der Waals surface area (Å²) < 4.78 is 14.5. The van der Waals surface area contributed by atoms with Gasteiger partial charge in [-0.15, -0.1) is 0 Å². The van der Waals surface area contributed by atoms with Crippen LogP contribution in [0.5, 0.6) is 0 Å². The van der Waals surface area contributed by atoms with E-state index in [0.29, 0.717) is 24.0 Å². The van der Waals surface area contributed by atoms with E-state index in [2.05, 4.69) is 135 Å². The monoisotopic (exact) mass is 669 g/mol. The number of hydrogen-bond acceptors (Lipinski definition) is 2. The molecular formula is C42H76O2Si2. The zero-order chi connectivity index (χ0) is 34.9. The fourth-order valence-corrected chi connectivity index (χ4v) is 15.0. The summed E-state index contributed by atoms with van der Waals surface area (Å²) in [6.07, 6.45) is 16.3. The Hall–Kier alpha value is -0.166. The van der Waals surface area contributed by atoms with Crippen molar-refractivity contribution in [1.82, 2.24) is 0 Å². The molecule has 0 unspecified atom stereocenters. The molecule has 4 fully saturated rings. The summed E-state index contributed by atoms with van der Waals surface area (Å²) in [7, 11) is -3.68. The van der Waals surface area contributed by atoms with E-state index in [1.807, 2.05) is 0 Å². The standard InChI is InChI=1S/C42H76O2Si2/c1-35(2,3)45(15,16)43-33-23-25-39(11)29(37(33,7)8)21-27-41(13)31(39)19-20-32-40(12)26-24-34(44-46(17,18)36(4,5)6)38(9,10)30(40)22-28-42(32,41)14/h19-20,29-30,33-34H,21-28H2,1-18H3/t29-,30-,33-,34-,39-,40-,41+,42+/m0/s1. The van der Waals surface area contributed by atoms with Crippen LogP contribution in [0.2, 0.25) is 36.3 Å². The summed E-state index contributed by atoms with van der Waals surface area (Å²) in [5.74, 6) is 1.32. The first kappa shape index (κ1) is 37.1. The third-order valence-corrected chi connectivity index (χ3v) is 26.2. The van der Waals surface area contributed by atoms with Crippen LogP contribution in [-0.2, 0) is 8.85 Å². The van der Waals surface area contributed by atoms with Gasteiger partial charge in [0.15, 0.2) is 16.6 Å². The predicted molar refractivity (Wildman–Crippen MR) is 204 cm³/mol. The molecule has 5 rings (SSSR count). The zero-order valence-corrected chi connectivity index (χ0v) is 35.9. The molecule has 0 aliphatic heterocycles. The van der Waals surface area contributed by atoms with Crippen LogP contribution >= 0.6 is 0 Å². The van der Waals surface area contributed by atoms with Gasteiger partial charge in [-0.25, -0.2) is 0 Å². The summed E-state index contributed by atoms with van der Waals surface area (Å²) >= 11 is 0. The average Bonchev–Trinajstić information content (AvgIpc) is 2.86. The second kappa shape index (κ2) is 10.7. The van der Waals surface area contributed by atoms with Gasteiger partial charge in [-0.05, 0) is 132 Å². The van der Waals surface area contributed by atoms with Gasteiger partial charge in [0.1, 0.15) is 0 Å². The van der Waals surface area contributed by atoms with E-state index in [4.69, 9.17) is 8.85 Å². The molecule has 264 valence electrons. The SMILES string of the molecule is CC1(C)[C@@H](O[Si](C)(C)C(C)(C)C)CC[C@]2(C)C3=CC=C4[C@@]5(C)CC[C@H](O[Si](C)(C)C(C)(C)C)C(C)(C)[C@@H]5CC[C@@]4(C)[C@]3(C)CC[C@@H]12. The maximum absolute atomic E-state index is 7.27. The summed E-state index contributed by atoms with van der Waals surface area (Å²) in [5.41, 5.74) is 4.84. The Bertz CT molecular complexity index is 1180. The highest BCUT2D eigenvalue weighted by molar-refractivity contribution is 6.74. The largest absolute Gasteiger partial charge is 0.413 e. The van der Waals surface area contributed by atoms with Gasteiger partial charge in [-0.1, -0.05) is 120 Å². The van der Waals surface area contributed by atoms with E-state index >= 15 is 0 Å². The molecule has 0 aromatic rings. The fraction of sp³-hybridized carbons (Fsp3) is 0.905. The van der Waals surface area contributed by atoms with Crippen molar-refractivity contribution < 1.29 is 8.85 Å². The molecule has 0 bridgehead atoms. The van der Waals surface area contributed by atoms with Crippen LogP contribution in [0.1, 0.15) is 148 Å². The van der Waals surface area contributed by atoms with Crippen molar-refractivity contribution in [3.63, 3.8) is 0 Å². The van der Waals surface area contributed by atoms with Gasteiger partial charge in [0, 0.05) is 0 Å². The van der Waals surface area contributed by atoms with Crippen molar-refractivity contribution in [3.05, 3.63) is 23.3 Å². The maximum Gasteiger partial charge on any atom is 0.192 e. The first-order valence-electron chi connectivity index (χ1n) is 19.3. The second-order valence-electron chi connectivity index (χ2n) is 22.3. The van der Waals surface area contributed by atoms with E-state index in [0.717, 1.165) is 0 Å². The third-order valence-electron chi connectivity index (χ3n) is 17.3. The molecule has 0 heterocycles. The molecule has 0 radical (unpaired) electrons. The Balaban J connectivity index is 1.49. The number of allylic oxidation sites excluding steroid dienone is 4. The lowest BCUT2D eigenvalue weighted by Gasteiger charge is -2.70. The highest BCUT2D eigenvalue weighted by Gasteiger charge is 2.68. The number of hydrogen-bond donors (Lipinski definition) is 0. The summed E-state index contributed by atoms with van der Waals surface area (Å²) in [6.45, 7) is 45.2. The Morgan fingerprint density at radius 1 is 0.522 bits per heavy atom. The molecule has 0 aromatic heterocycles. The van der Waals surface area contributed by atoms with E-state index in [1.54, 1.807) is 11.1 Å². The molecular weight excluding hydrogens is 593 g/mol. The van der Waals surface area contributed by atoms with Crippen molar-refractivity contribution in [3.8, 4) is 0 Å². The molecule has 5 aliphatic rings. The summed E-state index contributed by atoms with van der Waals surface area (Å²) in [5, 5.41) is 0.492. The highest BCUT2D eigenvalue weighted by atomic mass is 28.4. The van der Waals surface area contributed by atoms with Gasteiger partial charge in [0.05, 0.1) is 12.2 Å². The first-order valence-corrected chi connectivity index (χ1v) is 25.1. The Morgan fingerprint density at radius 3 is 1.11 bits per heavy atom. The molecule has 2 nitrogen and oxygen atoms in total. The minimum absolute atomic E-state index is 0.172.